The average molecular weight is 506 g/mol. The number of hydrogen-bond acceptors (Lipinski definition) is 2. The van der Waals surface area contributed by atoms with E-state index in [9.17, 15) is 5.11 Å². The van der Waals surface area contributed by atoms with E-state index in [4.69, 9.17) is 0 Å². The van der Waals surface area contributed by atoms with Crippen molar-refractivity contribution in [1.82, 2.24) is 0 Å². The molecule has 4 aromatic rings. The lowest BCUT2D eigenvalue weighted by molar-refractivity contribution is 0.399. The largest absolute Gasteiger partial charge is 0.507 e. The number of benzene rings is 4. The molecule has 0 aromatic heterocycles. The zero-order chi connectivity index (χ0) is 26.8. The Hall–Kier alpha value is -4.69. The maximum Gasteiger partial charge on any atom is 0.128 e. The van der Waals surface area contributed by atoms with E-state index in [1.54, 1.807) is 0 Å². The Morgan fingerprint density at radius 2 is 0.974 bits per heavy atom. The Morgan fingerprint density at radius 1 is 0.590 bits per heavy atom. The third-order valence-corrected chi connectivity index (χ3v) is 7.46. The fourth-order valence-corrected chi connectivity index (χ4v) is 5.88. The minimum Gasteiger partial charge on any atom is -0.507 e. The Bertz CT molecular complexity index is 1570. The summed E-state index contributed by atoms with van der Waals surface area (Å²) in [4.78, 5) is 4.68. The molecule has 1 N–H and O–H groups in total. The first-order valence-corrected chi connectivity index (χ1v) is 13.5. The molecule has 1 unspecified atom stereocenters. The van der Waals surface area contributed by atoms with E-state index < -0.39 is 0 Å². The van der Waals surface area contributed by atoms with Crippen LogP contribution in [0.1, 0.15) is 42.5 Å². The van der Waals surface area contributed by atoms with Crippen LogP contribution in [0.2, 0.25) is 0 Å². The molecule has 2 nitrogen and oxygen atoms in total. The van der Waals surface area contributed by atoms with Crippen LogP contribution in [0.25, 0.3) is 11.1 Å². The molecule has 0 bridgehead atoms. The SMILES string of the molecule is CC1=CC(C2=C(O)C(=C(c3ccccc3)c3ccccc3)C2=C(c2ccccc2)c2ccccc2)CC(C)=N1. The number of rotatable bonds is 5. The van der Waals surface area contributed by atoms with Crippen molar-refractivity contribution < 1.29 is 5.11 Å². The Labute approximate surface area is 230 Å². The third kappa shape index (κ3) is 4.70. The molecule has 0 saturated heterocycles. The first kappa shape index (κ1) is 24.6. The van der Waals surface area contributed by atoms with Crippen molar-refractivity contribution >= 4 is 16.9 Å². The molecule has 0 amide bonds. The van der Waals surface area contributed by atoms with Crippen LogP contribution in [0.15, 0.2) is 161 Å². The molecule has 0 fully saturated rings. The van der Waals surface area contributed by atoms with Gasteiger partial charge in [0.25, 0.3) is 0 Å². The summed E-state index contributed by atoms with van der Waals surface area (Å²) in [5.74, 6) is 0.428. The van der Waals surface area contributed by atoms with Gasteiger partial charge in [0, 0.05) is 39.6 Å². The highest BCUT2D eigenvalue weighted by Gasteiger charge is 2.40. The van der Waals surface area contributed by atoms with Crippen LogP contribution in [-0.2, 0) is 0 Å². The lowest BCUT2D eigenvalue weighted by atomic mass is 9.67. The first-order chi connectivity index (χ1) is 19.1. The summed E-state index contributed by atoms with van der Waals surface area (Å²) in [5, 5.41) is 12.0. The molecular weight excluding hydrogens is 474 g/mol. The predicted octanol–water partition coefficient (Wildman–Crippen LogP) is 9.20. The quantitative estimate of drug-likeness (QED) is 0.288. The zero-order valence-corrected chi connectivity index (χ0v) is 22.3. The standard InChI is InChI=1S/C37H31NO/c1-25-23-31(24-26(2)38-25)34-35(32(27-15-7-3-8-16-27)28-17-9-4-10-18-28)36(37(34)39)33(29-19-11-5-12-20-29)30-21-13-6-14-22-30/h3-23,31,39H,24H2,1-2H3. The van der Waals surface area contributed by atoms with Crippen molar-refractivity contribution in [2.24, 2.45) is 10.9 Å². The summed E-state index contributed by atoms with van der Waals surface area (Å²) in [6, 6.07) is 41.9. The second-order valence-corrected chi connectivity index (χ2v) is 10.2. The summed E-state index contributed by atoms with van der Waals surface area (Å²) in [7, 11) is 0. The van der Waals surface area contributed by atoms with Crippen molar-refractivity contribution in [1.29, 1.82) is 0 Å². The van der Waals surface area contributed by atoms with Gasteiger partial charge in [-0.05, 0) is 48.1 Å². The Morgan fingerprint density at radius 3 is 1.36 bits per heavy atom. The molecule has 1 heterocycles. The molecule has 4 aromatic carbocycles. The molecule has 0 saturated carbocycles. The summed E-state index contributed by atoms with van der Waals surface area (Å²) >= 11 is 0. The van der Waals surface area contributed by atoms with E-state index in [0.717, 1.165) is 67.9 Å². The van der Waals surface area contributed by atoms with Gasteiger partial charge in [-0.15, -0.1) is 0 Å². The van der Waals surface area contributed by atoms with E-state index in [1.165, 1.54) is 0 Å². The lowest BCUT2D eigenvalue weighted by Crippen LogP contribution is -2.25. The van der Waals surface area contributed by atoms with Gasteiger partial charge in [0.2, 0.25) is 0 Å². The second-order valence-electron chi connectivity index (χ2n) is 10.2. The Balaban J connectivity index is 1.74. The molecule has 190 valence electrons. The number of hydrogen-bond donors (Lipinski definition) is 1. The number of aliphatic imine (C=N–C) groups is 1. The Kier molecular flexibility index (Phi) is 6.69. The minimum atomic E-state index is 0.0523. The number of nitrogens with zero attached hydrogens (tertiary/aromatic N) is 1. The second kappa shape index (κ2) is 10.6. The van der Waals surface area contributed by atoms with Gasteiger partial charge in [0.05, 0.1) is 0 Å². The summed E-state index contributed by atoms with van der Waals surface area (Å²) in [5.41, 5.74) is 11.7. The van der Waals surface area contributed by atoms with Crippen LogP contribution in [0.4, 0.5) is 0 Å². The van der Waals surface area contributed by atoms with E-state index in [-0.39, 0.29) is 5.92 Å². The summed E-state index contributed by atoms with van der Waals surface area (Å²) < 4.78 is 0. The van der Waals surface area contributed by atoms with Gasteiger partial charge in [-0.3, -0.25) is 4.99 Å². The zero-order valence-electron chi connectivity index (χ0n) is 22.3. The van der Waals surface area contributed by atoms with E-state index >= 15 is 0 Å². The lowest BCUT2D eigenvalue weighted by Gasteiger charge is -2.37. The van der Waals surface area contributed by atoms with Gasteiger partial charge >= 0.3 is 0 Å². The molecule has 2 aliphatic rings. The molecule has 1 atom stereocenters. The maximum absolute atomic E-state index is 12.0. The van der Waals surface area contributed by atoms with Crippen LogP contribution in [0.3, 0.4) is 0 Å². The van der Waals surface area contributed by atoms with Gasteiger partial charge in [-0.25, -0.2) is 0 Å². The number of aliphatic hydroxyl groups excluding tert-OH is 1. The van der Waals surface area contributed by atoms with Gasteiger partial charge in [0.1, 0.15) is 5.76 Å². The highest BCUT2D eigenvalue weighted by atomic mass is 16.3. The fourth-order valence-electron chi connectivity index (χ4n) is 5.88. The molecule has 1 aliphatic carbocycles. The molecule has 0 spiro atoms. The topological polar surface area (TPSA) is 32.6 Å². The molecule has 39 heavy (non-hydrogen) atoms. The average Bonchev–Trinajstić information content (AvgIpc) is 2.97. The van der Waals surface area contributed by atoms with E-state index in [0.29, 0.717) is 5.76 Å². The summed E-state index contributed by atoms with van der Waals surface area (Å²) in [6.45, 7) is 4.12. The highest BCUT2D eigenvalue weighted by Crippen LogP contribution is 2.53. The van der Waals surface area contributed by atoms with E-state index in [1.807, 2.05) is 19.1 Å². The van der Waals surface area contributed by atoms with Crippen molar-refractivity contribution in [2.45, 2.75) is 20.3 Å². The minimum absolute atomic E-state index is 0.0523. The van der Waals surface area contributed by atoms with Crippen LogP contribution in [0.5, 0.6) is 0 Å². The smallest absolute Gasteiger partial charge is 0.128 e. The normalized spacial score (nSPS) is 16.8. The number of aliphatic hydroxyl groups is 1. The maximum atomic E-state index is 12.0. The molecule has 0 radical (unpaired) electrons. The van der Waals surface area contributed by atoms with E-state index in [2.05, 4.69) is 127 Å². The highest BCUT2D eigenvalue weighted by molar-refractivity contribution is 6.00. The van der Waals surface area contributed by atoms with Crippen molar-refractivity contribution in [3.05, 3.63) is 178 Å². The molecule has 1 aliphatic heterocycles. The van der Waals surface area contributed by atoms with Crippen LogP contribution in [0, 0.1) is 5.92 Å². The van der Waals surface area contributed by atoms with Crippen LogP contribution < -0.4 is 0 Å². The molecular formula is C37H31NO. The van der Waals surface area contributed by atoms with Gasteiger partial charge in [-0.2, -0.15) is 0 Å². The van der Waals surface area contributed by atoms with Crippen LogP contribution >= 0.6 is 0 Å². The van der Waals surface area contributed by atoms with Crippen molar-refractivity contribution in [3.63, 3.8) is 0 Å². The van der Waals surface area contributed by atoms with Crippen LogP contribution in [-0.4, -0.2) is 10.8 Å². The fraction of sp³-hybridized carbons (Fsp3) is 0.108. The van der Waals surface area contributed by atoms with Gasteiger partial charge < -0.3 is 5.11 Å². The number of allylic oxidation sites excluding steroid dienone is 4. The summed E-state index contributed by atoms with van der Waals surface area (Å²) in [6.07, 6.45) is 2.99. The molecule has 6 rings (SSSR count). The van der Waals surface area contributed by atoms with Crippen molar-refractivity contribution in [3.8, 4) is 0 Å². The van der Waals surface area contributed by atoms with Crippen molar-refractivity contribution in [2.75, 3.05) is 0 Å². The molecule has 2 heteroatoms. The first-order valence-electron chi connectivity index (χ1n) is 13.5. The van der Waals surface area contributed by atoms with Gasteiger partial charge in [0.15, 0.2) is 0 Å². The van der Waals surface area contributed by atoms with Gasteiger partial charge in [-0.1, -0.05) is 127 Å². The third-order valence-electron chi connectivity index (χ3n) is 7.46. The monoisotopic (exact) mass is 505 g/mol. The predicted molar refractivity (Wildman–Crippen MR) is 162 cm³/mol.